The zero-order valence-corrected chi connectivity index (χ0v) is 15.6. The van der Waals surface area contributed by atoms with E-state index in [1.54, 1.807) is 0 Å². The van der Waals surface area contributed by atoms with Crippen LogP contribution in [0.15, 0.2) is 16.1 Å². The Morgan fingerprint density at radius 1 is 1.23 bits per heavy atom. The quantitative estimate of drug-likeness (QED) is 0.742. The van der Waals surface area contributed by atoms with Crippen molar-refractivity contribution in [2.24, 2.45) is 21.7 Å². The van der Waals surface area contributed by atoms with Crippen molar-refractivity contribution in [3.8, 4) is 0 Å². The lowest BCUT2D eigenvalue weighted by atomic mass is 9.83. The number of hydrogen-bond donors (Lipinski definition) is 1. The fraction of sp³-hybridized carbons (Fsp3) is 0.722. The van der Waals surface area contributed by atoms with Gasteiger partial charge in [0.2, 0.25) is 0 Å². The van der Waals surface area contributed by atoms with Crippen LogP contribution in [0.2, 0.25) is 0 Å². The van der Waals surface area contributed by atoms with E-state index in [1.807, 2.05) is 33.1 Å². The average molecular weight is 324 g/mol. The molecule has 1 aliphatic heterocycles. The molecule has 0 spiro atoms. The molecule has 1 fully saturated rings. The molecule has 4 heteroatoms. The molecule has 0 aromatic rings. The lowest BCUT2D eigenvalue weighted by Gasteiger charge is -2.25. The van der Waals surface area contributed by atoms with Gasteiger partial charge in [-0.05, 0) is 24.7 Å². The van der Waals surface area contributed by atoms with Crippen molar-refractivity contribution in [2.45, 2.75) is 60.8 Å². The Bertz CT molecular complexity index is 548. The van der Waals surface area contributed by atoms with E-state index in [-0.39, 0.29) is 11.2 Å². The van der Waals surface area contributed by atoms with Crippen LogP contribution in [0.1, 0.15) is 60.8 Å². The number of thiol groups is 1. The van der Waals surface area contributed by atoms with Gasteiger partial charge in [0.25, 0.3) is 0 Å². The predicted octanol–water partition coefficient (Wildman–Crippen LogP) is 4.27. The maximum absolute atomic E-state index is 12.7. The standard InChI is InChI=1S/C18H29NO2S/c1-12-19-14(16(21)17(2,3)4)10-22(12)11-15(20)18(5,6)9-13-7-8-13/h10,13,22H,7-9,11H2,1-6H3. The molecule has 0 aromatic heterocycles. The first kappa shape index (κ1) is 17.5. The van der Waals surface area contributed by atoms with Crippen LogP contribution in [0, 0.1) is 16.7 Å². The summed E-state index contributed by atoms with van der Waals surface area (Å²) in [6.45, 7) is 11.8. The zero-order chi connectivity index (χ0) is 16.7. The molecule has 0 aromatic carbocycles. The number of rotatable bonds is 6. The maximum Gasteiger partial charge on any atom is 0.186 e. The zero-order valence-electron chi connectivity index (χ0n) is 14.7. The van der Waals surface area contributed by atoms with Crippen molar-refractivity contribution in [3.63, 3.8) is 0 Å². The molecule has 1 atom stereocenters. The van der Waals surface area contributed by atoms with Crippen LogP contribution in [-0.2, 0) is 9.59 Å². The molecule has 1 aliphatic carbocycles. The molecular formula is C18H29NO2S. The van der Waals surface area contributed by atoms with E-state index in [2.05, 4.69) is 18.8 Å². The summed E-state index contributed by atoms with van der Waals surface area (Å²) < 4.78 is 0. The van der Waals surface area contributed by atoms with E-state index in [4.69, 9.17) is 0 Å². The average Bonchev–Trinajstić information content (AvgIpc) is 3.10. The van der Waals surface area contributed by atoms with Gasteiger partial charge in [-0.25, -0.2) is 4.99 Å². The highest BCUT2D eigenvalue weighted by molar-refractivity contribution is 8.33. The SMILES string of the molecule is CC1=NC(C(=O)C(C)(C)C)=C[SH]1CC(=O)C(C)(C)CC1CC1. The first-order valence-electron chi connectivity index (χ1n) is 8.12. The number of allylic oxidation sites excluding steroid dienone is 1. The Kier molecular flexibility index (Phi) is 4.72. The van der Waals surface area contributed by atoms with Gasteiger partial charge in [0, 0.05) is 16.6 Å². The van der Waals surface area contributed by atoms with Gasteiger partial charge in [0.05, 0.1) is 5.04 Å². The molecule has 124 valence electrons. The third kappa shape index (κ3) is 4.09. The van der Waals surface area contributed by atoms with E-state index < -0.39 is 16.3 Å². The minimum absolute atomic E-state index is 0.0709. The third-order valence-electron chi connectivity index (χ3n) is 4.45. The minimum Gasteiger partial charge on any atom is -0.298 e. The van der Waals surface area contributed by atoms with Crippen molar-refractivity contribution in [2.75, 3.05) is 5.75 Å². The van der Waals surface area contributed by atoms with Gasteiger partial charge in [0.1, 0.15) is 11.5 Å². The fourth-order valence-electron chi connectivity index (χ4n) is 2.69. The Labute approximate surface area is 137 Å². The maximum atomic E-state index is 12.7. The predicted molar refractivity (Wildman–Crippen MR) is 95.6 cm³/mol. The highest BCUT2D eigenvalue weighted by Crippen LogP contribution is 2.44. The topological polar surface area (TPSA) is 46.5 Å². The summed E-state index contributed by atoms with van der Waals surface area (Å²) in [6, 6.07) is 0. The Morgan fingerprint density at radius 3 is 2.32 bits per heavy atom. The van der Waals surface area contributed by atoms with E-state index in [9.17, 15) is 9.59 Å². The molecule has 22 heavy (non-hydrogen) atoms. The van der Waals surface area contributed by atoms with Crippen LogP contribution < -0.4 is 0 Å². The summed E-state index contributed by atoms with van der Waals surface area (Å²) in [4.78, 5) is 29.4. The smallest absolute Gasteiger partial charge is 0.186 e. The third-order valence-corrected chi connectivity index (χ3v) is 6.57. The molecule has 0 saturated heterocycles. The van der Waals surface area contributed by atoms with Crippen molar-refractivity contribution < 1.29 is 9.59 Å². The number of aliphatic imine (C=N–C) groups is 1. The van der Waals surface area contributed by atoms with Crippen molar-refractivity contribution >= 4 is 27.5 Å². The molecule has 1 unspecified atom stereocenters. The van der Waals surface area contributed by atoms with E-state index in [1.165, 1.54) is 12.8 Å². The Morgan fingerprint density at radius 2 is 1.82 bits per heavy atom. The van der Waals surface area contributed by atoms with Crippen LogP contribution >= 0.6 is 10.9 Å². The van der Waals surface area contributed by atoms with Crippen molar-refractivity contribution in [1.29, 1.82) is 0 Å². The number of carbonyl (C=O) groups is 2. The normalized spacial score (nSPS) is 24.0. The van der Waals surface area contributed by atoms with E-state index >= 15 is 0 Å². The molecule has 1 saturated carbocycles. The number of carbonyl (C=O) groups excluding carboxylic acids is 2. The second-order valence-electron chi connectivity index (χ2n) is 8.33. The van der Waals surface area contributed by atoms with Gasteiger partial charge in [-0.1, -0.05) is 47.5 Å². The van der Waals surface area contributed by atoms with Crippen molar-refractivity contribution in [1.82, 2.24) is 0 Å². The van der Waals surface area contributed by atoms with Gasteiger partial charge < -0.3 is 0 Å². The van der Waals surface area contributed by atoms with E-state index in [0.29, 0.717) is 17.2 Å². The van der Waals surface area contributed by atoms with Crippen LogP contribution in [0.25, 0.3) is 0 Å². The minimum atomic E-state index is -0.716. The molecule has 2 aliphatic rings. The molecule has 0 radical (unpaired) electrons. The van der Waals surface area contributed by atoms with Gasteiger partial charge in [-0.15, -0.1) is 0 Å². The number of nitrogens with zero attached hydrogens (tertiary/aromatic N) is 1. The van der Waals surface area contributed by atoms with Gasteiger partial charge in [0.15, 0.2) is 5.78 Å². The van der Waals surface area contributed by atoms with Crippen LogP contribution in [0.4, 0.5) is 0 Å². The second-order valence-corrected chi connectivity index (χ2v) is 10.5. The van der Waals surface area contributed by atoms with E-state index in [0.717, 1.165) is 17.4 Å². The number of Topliss-reactive ketones (excluding diaryl/α,β-unsaturated/α-hetero) is 2. The first-order valence-corrected chi connectivity index (χ1v) is 9.72. The molecule has 0 amide bonds. The lowest BCUT2D eigenvalue weighted by molar-refractivity contribution is -0.125. The number of hydrogen-bond acceptors (Lipinski definition) is 3. The summed E-state index contributed by atoms with van der Waals surface area (Å²) in [6.07, 6.45) is 3.55. The lowest BCUT2D eigenvalue weighted by Crippen LogP contribution is -2.28. The summed E-state index contributed by atoms with van der Waals surface area (Å²) in [5.41, 5.74) is -0.103. The summed E-state index contributed by atoms with van der Waals surface area (Å²) >= 11 is 0. The Hall–Kier alpha value is -0.900. The molecular weight excluding hydrogens is 294 g/mol. The summed E-state index contributed by atoms with van der Waals surface area (Å²) in [5, 5.41) is 2.92. The molecule has 2 rings (SSSR count). The van der Waals surface area contributed by atoms with Crippen LogP contribution in [0.3, 0.4) is 0 Å². The summed E-state index contributed by atoms with van der Waals surface area (Å²) in [7, 11) is -0.716. The van der Waals surface area contributed by atoms with Gasteiger partial charge in [-0.2, -0.15) is 10.9 Å². The van der Waals surface area contributed by atoms with Crippen LogP contribution in [0.5, 0.6) is 0 Å². The first-order chi connectivity index (χ1) is 10.0. The molecule has 0 N–H and O–H groups in total. The monoisotopic (exact) mass is 323 g/mol. The number of ketones is 2. The van der Waals surface area contributed by atoms with Crippen molar-refractivity contribution in [3.05, 3.63) is 11.1 Å². The highest BCUT2D eigenvalue weighted by Gasteiger charge is 2.36. The fourth-order valence-corrected chi connectivity index (χ4v) is 4.64. The summed E-state index contributed by atoms with van der Waals surface area (Å²) in [5.74, 6) is 1.67. The van der Waals surface area contributed by atoms with Gasteiger partial charge in [-0.3, -0.25) is 9.59 Å². The molecule has 3 nitrogen and oxygen atoms in total. The largest absolute Gasteiger partial charge is 0.298 e. The molecule has 1 heterocycles. The van der Waals surface area contributed by atoms with Gasteiger partial charge >= 0.3 is 0 Å². The molecule has 0 bridgehead atoms. The highest BCUT2D eigenvalue weighted by atomic mass is 32.2. The Balaban J connectivity index is 2.04. The second kappa shape index (κ2) is 5.95. The van der Waals surface area contributed by atoms with Crippen LogP contribution in [-0.4, -0.2) is 22.4 Å².